The summed E-state index contributed by atoms with van der Waals surface area (Å²) in [4.78, 5) is -0.631. The van der Waals surface area contributed by atoms with Gasteiger partial charge in [0.25, 0.3) is 10.1 Å². The van der Waals surface area contributed by atoms with Crippen LogP contribution >= 0.6 is 0 Å². The third-order valence-electron chi connectivity index (χ3n) is 4.41. The Morgan fingerprint density at radius 3 is 2.14 bits per heavy atom. The molecule has 0 fully saturated rings. The summed E-state index contributed by atoms with van der Waals surface area (Å²) in [5.41, 5.74) is 0.351. The number of para-hydroxylation sites is 1. The zero-order valence-electron chi connectivity index (χ0n) is 16.7. The van der Waals surface area contributed by atoms with Crippen LogP contribution in [0, 0.1) is 0 Å². The molecule has 5 nitrogen and oxygen atoms in total. The molecular formula is C21H27KO5S. The molecule has 2 rings (SSSR count). The van der Waals surface area contributed by atoms with Gasteiger partial charge in [-0.3, -0.25) is 4.55 Å². The van der Waals surface area contributed by atoms with E-state index in [1.54, 1.807) is 30.3 Å². The number of hydrogen-bond donors (Lipinski definition) is 1. The minimum Gasteiger partial charge on any atom is -0.871 e. The average Bonchev–Trinajstić information content (AvgIpc) is 2.63. The van der Waals surface area contributed by atoms with E-state index < -0.39 is 20.8 Å². The number of aryl methyl sites for hydroxylation is 1. The zero-order chi connectivity index (χ0) is 19.7. The number of hydrogen-bond acceptors (Lipinski definition) is 4. The van der Waals surface area contributed by atoms with Gasteiger partial charge in [0.15, 0.2) is 0 Å². The van der Waals surface area contributed by atoms with Crippen LogP contribution in [0.15, 0.2) is 47.4 Å². The number of unbranched alkanes of at least 4 members (excludes halogenated alkanes) is 6. The molecule has 0 bridgehead atoms. The van der Waals surface area contributed by atoms with Gasteiger partial charge in [-0.15, -0.1) is 0 Å². The van der Waals surface area contributed by atoms with E-state index in [0.29, 0.717) is 17.7 Å². The molecule has 0 atom stereocenters. The molecule has 0 saturated heterocycles. The summed E-state index contributed by atoms with van der Waals surface area (Å²) in [7, 11) is -4.61. The SMILES string of the molecule is CCCCCCCCCc1cc(Oc2ccccc2)cc(S(=O)(=O)O)c1[O-].[K+]. The van der Waals surface area contributed by atoms with Gasteiger partial charge in [-0.1, -0.05) is 75.0 Å². The van der Waals surface area contributed by atoms with E-state index >= 15 is 0 Å². The number of ether oxygens (including phenoxy) is 1. The Bertz CT molecular complexity index is 822. The first kappa shape index (κ1) is 25.6. The summed E-state index contributed by atoms with van der Waals surface area (Å²) in [5, 5.41) is 12.4. The Balaban J connectivity index is 0.00000392. The maximum atomic E-state index is 12.4. The molecular weight excluding hydrogens is 403 g/mol. The third kappa shape index (κ3) is 8.53. The van der Waals surface area contributed by atoms with Crippen LogP contribution in [-0.4, -0.2) is 13.0 Å². The fourth-order valence-electron chi connectivity index (χ4n) is 2.97. The summed E-state index contributed by atoms with van der Waals surface area (Å²) in [6, 6.07) is 11.5. The third-order valence-corrected chi connectivity index (χ3v) is 5.27. The summed E-state index contributed by atoms with van der Waals surface area (Å²) in [6.45, 7) is 2.17. The fourth-order valence-corrected chi connectivity index (χ4v) is 3.60. The Hall–Kier alpha value is -0.414. The van der Waals surface area contributed by atoms with E-state index in [2.05, 4.69) is 6.92 Å². The van der Waals surface area contributed by atoms with Crippen molar-refractivity contribution in [1.82, 2.24) is 0 Å². The van der Waals surface area contributed by atoms with Crippen LogP contribution in [0.5, 0.6) is 17.2 Å². The van der Waals surface area contributed by atoms with Gasteiger partial charge in [-0.2, -0.15) is 8.42 Å². The van der Waals surface area contributed by atoms with E-state index in [0.717, 1.165) is 25.3 Å². The first-order valence-electron chi connectivity index (χ1n) is 9.46. The van der Waals surface area contributed by atoms with Crippen LogP contribution in [-0.2, 0) is 16.5 Å². The van der Waals surface area contributed by atoms with Crippen molar-refractivity contribution in [2.45, 2.75) is 63.2 Å². The minimum absolute atomic E-state index is 0. The molecule has 0 amide bonds. The molecule has 0 aromatic heterocycles. The monoisotopic (exact) mass is 430 g/mol. The van der Waals surface area contributed by atoms with Crippen molar-refractivity contribution >= 4 is 10.1 Å². The number of rotatable bonds is 11. The molecule has 0 aliphatic heterocycles. The predicted octanol–water partition coefficient (Wildman–Crippen LogP) is 2.10. The zero-order valence-corrected chi connectivity index (χ0v) is 20.6. The van der Waals surface area contributed by atoms with Gasteiger partial charge in [-0.25, -0.2) is 0 Å². The van der Waals surface area contributed by atoms with Gasteiger partial charge >= 0.3 is 51.4 Å². The molecule has 0 spiro atoms. The molecule has 0 unspecified atom stereocenters. The van der Waals surface area contributed by atoms with Crippen molar-refractivity contribution in [3.8, 4) is 17.2 Å². The number of benzene rings is 2. The van der Waals surface area contributed by atoms with Gasteiger partial charge in [0.1, 0.15) is 11.5 Å². The Labute approximate surface area is 210 Å². The smallest absolute Gasteiger partial charge is 0.871 e. The maximum absolute atomic E-state index is 12.4. The predicted molar refractivity (Wildman–Crippen MR) is 104 cm³/mol. The van der Waals surface area contributed by atoms with Gasteiger partial charge in [0.2, 0.25) is 0 Å². The first-order chi connectivity index (χ1) is 12.9. The Morgan fingerprint density at radius 1 is 0.929 bits per heavy atom. The van der Waals surface area contributed by atoms with Crippen LogP contribution in [0.4, 0.5) is 0 Å². The van der Waals surface area contributed by atoms with Gasteiger partial charge in [0.05, 0.1) is 4.90 Å². The van der Waals surface area contributed by atoms with E-state index in [1.165, 1.54) is 25.7 Å². The second-order valence-electron chi connectivity index (χ2n) is 6.67. The van der Waals surface area contributed by atoms with Gasteiger partial charge < -0.3 is 9.84 Å². The maximum Gasteiger partial charge on any atom is 1.00 e. The molecule has 0 aliphatic carbocycles. The summed E-state index contributed by atoms with van der Waals surface area (Å²) in [5.74, 6) is 0.106. The molecule has 1 N–H and O–H groups in total. The normalized spacial score (nSPS) is 11.1. The van der Waals surface area contributed by atoms with Crippen LogP contribution in [0.3, 0.4) is 0 Å². The van der Waals surface area contributed by atoms with E-state index in [9.17, 15) is 18.1 Å². The molecule has 0 heterocycles. The molecule has 2 aromatic carbocycles. The standard InChI is InChI=1S/C21H28O5S.K/c1-2-3-4-5-6-7-9-12-17-15-19(26-18-13-10-8-11-14-18)16-20(21(17)22)27(23,24)25;/h8,10-11,13-16,22H,2-7,9,12H2,1H3,(H,23,24,25);/q;+1/p-1. The molecule has 0 saturated carbocycles. The van der Waals surface area contributed by atoms with E-state index in [1.807, 2.05) is 6.07 Å². The van der Waals surface area contributed by atoms with Gasteiger partial charge in [0, 0.05) is 6.07 Å². The second-order valence-corrected chi connectivity index (χ2v) is 8.06. The molecule has 2 aromatic rings. The fraction of sp³-hybridized carbons (Fsp3) is 0.429. The van der Waals surface area contributed by atoms with Crippen molar-refractivity contribution in [2.24, 2.45) is 0 Å². The molecule has 0 aliphatic rings. The quantitative estimate of drug-likeness (QED) is 0.335. The van der Waals surface area contributed by atoms with Crippen molar-refractivity contribution in [3.05, 3.63) is 48.0 Å². The van der Waals surface area contributed by atoms with E-state index in [4.69, 9.17) is 4.74 Å². The average molecular weight is 431 g/mol. The van der Waals surface area contributed by atoms with E-state index in [-0.39, 0.29) is 57.1 Å². The topological polar surface area (TPSA) is 86.7 Å². The summed E-state index contributed by atoms with van der Waals surface area (Å²) >= 11 is 0. The minimum atomic E-state index is -4.61. The van der Waals surface area contributed by atoms with Crippen molar-refractivity contribution in [3.63, 3.8) is 0 Å². The van der Waals surface area contributed by atoms with Crippen LogP contribution < -0.4 is 61.2 Å². The second kappa shape index (κ2) is 13.0. The van der Waals surface area contributed by atoms with Crippen molar-refractivity contribution in [1.29, 1.82) is 0 Å². The molecule has 148 valence electrons. The largest absolute Gasteiger partial charge is 1.00 e. The van der Waals surface area contributed by atoms with Crippen LogP contribution in [0.25, 0.3) is 0 Å². The Morgan fingerprint density at radius 2 is 1.54 bits per heavy atom. The van der Waals surface area contributed by atoms with Crippen LogP contribution in [0.2, 0.25) is 0 Å². The molecule has 28 heavy (non-hydrogen) atoms. The molecule has 7 heteroatoms. The van der Waals surface area contributed by atoms with Crippen molar-refractivity contribution in [2.75, 3.05) is 0 Å². The van der Waals surface area contributed by atoms with Gasteiger partial charge in [-0.05, 0) is 31.0 Å². The molecule has 0 radical (unpaired) electrons. The van der Waals surface area contributed by atoms with Crippen LogP contribution in [0.1, 0.15) is 57.4 Å². The Kier molecular flexibility index (Phi) is 11.9. The summed E-state index contributed by atoms with van der Waals surface area (Å²) < 4.78 is 38.2. The van der Waals surface area contributed by atoms with Crippen molar-refractivity contribution < 1.29 is 74.2 Å². The first-order valence-corrected chi connectivity index (χ1v) is 10.9. The summed E-state index contributed by atoms with van der Waals surface area (Å²) in [6.07, 6.45) is 8.16.